The Labute approximate surface area is 168 Å². The molecule has 1 aromatic heterocycles. The molecule has 0 saturated carbocycles. The lowest BCUT2D eigenvalue weighted by atomic mass is 10.1. The molecule has 0 aliphatic carbocycles. The molecule has 7 nitrogen and oxygen atoms in total. The molecule has 0 unspecified atom stereocenters. The number of amidine groups is 1. The van der Waals surface area contributed by atoms with Crippen LogP contribution >= 0.6 is 0 Å². The number of carbonyl (C=O) groups excluding carboxylic acids is 1. The molecule has 0 bridgehead atoms. The Morgan fingerprint density at radius 1 is 1.03 bits per heavy atom. The monoisotopic (exact) mass is 406 g/mol. The number of amides is 1. The Kier molecular flexibility index (Phi) is 4.85. The third kappa shape index (κ3) is 3.88. The first-order valence-electron chi connectivity index (χ1n) is 8.90. The Morgan fingerprint density at radius 3 is 2.52 bits per heavy atom. The summed E-state index contributed by atoms with van der Waals surface area (Å²) < 4.78 is 28.1. The molecule has 1 amide bonds. The smallest absolute Gasteiger partial charge is 0.285 e. The van der Waals surface area contributed by atoms with Gasteiger partial charge in [-0.25, -0.2) is 0 Å². The van der Waals surface area contributed by atoms with Crippen molar-refractivity contribution in [1.29, 1.82) is 0 Å². The number of sulfonamides is 1. The van der Waals surface area contributed by atoms with Crippen molar-refractivity contribution in [3.63, 3.8) is 0 Å². The average molecular weight is 406 g/mol. The van der Waals surface area contributed by atoms with Crippen LogP contribution in [0.4, 0.5) is 5.69 Å². The minimum Gasteiger partial charge on any atom is -0.339 e. The van der Waals surface area contributed by atoms with Crippen LogP contribution in [0.2, 0.25) is 0 Å². The van der Waals surface area contributed by atoms with E-state index in [2.05, 4.69) is 14.7 Å². The van der Waals surface area contributed by atoms with Gasteiger partial charge in [-0.1, -0.05) is 18.2 Å². The Bertz CT molecular complexity index is 1190. The van der Waals surface area contributed by atoms with Gasteiger partial charge < -0.3 is 10.2 Å². The average Bonchev–Trinajstić information content (AvgIpc) is 2.99. The maximum absolute atomic E-state index is 12.6. The molecule has 0 spiro atoms. The fourth-order valence-electron chi connectivity index (χ4n) is 3.09. The summed E-state index contributed by atoms with van der Waals surface area (Å²) in [6, 6.07) is 17.2. The molecule has 8 heteroatoms. The lowest BCUT2D eigenvalue weighted by Crippen LogP contribution is -2.26. The van der Waals surface area contributed by atoms with Gasteiger partial charge in [0.05, 0.1) is 0 Å². The number of nitrogens with zero attached hydrogens (tertiary/aromatic N) is 3. The van der Waals surface area contributed by atoms with E-state index in [9.17, 15) is 13.2 Å². The number of carbonyl (C=O) groups is 1. The number of hydrogen-bond acceptors (Lipinski definition) is 5. The first-order chi connectivity index (χ1) is 13.9. The number of benzene rings is 2. The molecule has 0 atom stereocenters. The van der Waals surface area contributed by atoms with Crippen LogP contribution in [0.5, 0.6) is 0 Å². The van der Waals surface area contributed by atoms with Crippen LogP contribution in [0.1, 0.15) is 21.5 Å². The van der Waals surface area contributed by atoms with E-state index >= 15 is 0 Å². The van der Waals surface area contributed by atoms with E-state index < -0.39 is 10.0 Å². The standard InChI is InChI=1S/C21H18N4O3S/c1-25(14-15-5-4-12-22-13-15)21(26)16-8-10-17(11-9-16)23-20-18-6-2-3-7-19(18)29(27,28)24-20/h2-13H,14H2,1H3,(H,23,24). The molecule has 1 N–H and O–H groups in total. The number of hydrogen-bond donors (Lipinski definition) is 1. The zero-order valence-corrected chi connectivity index (χ0v) is 16.4. The third-order valence-electron chi connectivity index (χ3n) is 4.52. The van der Waals surface area contributed by atoms with Crippen LogP contribution in [0.15, 0.2) is 82.4 Å². The van der Waals surface area contributed by atoms with Crippen molar-refractivity contribution in [2.75, 3.05) is 12.4 Å². The normalized spacial score (nSPS) is 14.0. The predicted octanol–water partition coefficient (Wildman–Crippen LogP) is 2.91. The van der Waals surface area contributed by atoms with Crippen LogP contribution in [0.25, 0.3) is 0 Å². The van der Waals surface area contributed by atoms with Crippen molar-refractivity contribution in [1.82, 2.24) is 9.88 Å². The van der Waals surface area contributed by atoms with Crippen molar-refractivity contribution in [3.05, 3.63) is 89.7 Å². The topological polar surface area (TPSA) is 91.7 Å². The highest BCUT2D eigenvalue weighted by molar-refractivity contribution is 7.90. The molecule has 0 radical (unpaired) electrons. The SMILES string of the molecule is CN(Cc1cccnc1)C(=O)c1ccc(NC2=NS(=O)(=O)c3ccccc32)cc1. The van der Waals surface area contributed by atoms with Gasteiger partial charge in [0.1, 0.15) is 4.90 Å². The molecule has 2 heterocycles. The minimum absolute atomic E-state index is 0.119. The Hall–Kier alpha value is -3.52. The molecule has 0 saturated heterocycles. The number of pyridine rings is 1. The molecule has 0 fully saturated rings. The second-order valence-corrected chi connectivity index (χ2v) is 8.21. The summed E-state index contributed by atoms with van der Waals surface area (Å²) in [5, 5.41) is 3.03. The van der Waals surface area contributed by atoms with Crippen molar-refractivity contribution < 1.29 is 13.2 Å². The van der Waals surface area contributed by atoms with Gasteiger partial charge in [-0.15, -0.1) is 4.40 Å². The van der Waals surface area contributed by atoms with Gasteiger partial charge in [-0.2, -0.15) is 8.42 Å². The lowest BCUT2D eigenvalue weighted by Gasteiger charge is -2.17. The first kappa shape index (κ1) is 18.8. The number of nitrogens with one attached hydrogen (secondary N) is 1. The summed E-state index contributed by atoms with van der Waals surface area (Å²) in [5.74, 6) is 0.153. The molecule has 1 aliphatic heterocycles. The number of rotatable bonds is 4. The van der Waals surface area contributed by atoms with Crippen molar-refractivity contribution in [3.8, 4) is 0 Å². The van der Waals surface area contributed by atoms with Gasteiger partial charge >= 0.3 is 0 Å². The van der Waals surface area contributed by atoms with Crippen LogP contribution in [0, 0.1) is 0 Å². The van der Waals surface area contributed by atoms with E-state index in [1.54, 1.807) is 66.8 Å². The third-order valence-corrected chi connectivity index (χ3v) is 5.85. The van der Waals surface area contributed by atoms with Crippen molar-refractivity contribution >= 4 is 27.5 Å². The van der Waals surface area contributed by atoms with Gasteiger partial charge in [0.25, 0.3) is 15.9 Å². The first-order valence-corrected chi connectivity index (χ1v) is 10.3. The van der Waals surface area contributed by atoms with E-state index in [-0.39, 0.29) is 16.6 Å². The van der Waals surface area contributed by atoms with Crippen LogP contribution in [0.3, 0.4) is 0 Å². The molecule has 29 heavy (non-hydrogen) atoms. The number of anilines is 1. The highest BCUT2D eigenvalue weighted by atomic mass is 32.2. The van der Waals surface area contributed by atoms with E-state index in [0.717, 1.165) is 5.56 Å². The van der Waals surface area contributed by atoms with Gasteiger partial charge in [-0.3, -0.25) is 9.78 Å². The molecule has 4 rings (SSSR count). The molecular formula is C21H18N4O3S. The maximum atomic E-state index is 12.6. The van der Waals surface area contributed by atoms with Gasteiger partial charge in [0.2, 0.25) is 0 Å². The maximum Gasteiger partial charge on any atom is 0.285 e. The summed E-state index contributed by atoms with van der Waals surface area (Å²) >= 11 is 0. The summed E-state index contributed by atoms with van der Waals surface area (Å²) in [4.78, 5) is 18.5. The summed E-state index contributed by atoms with van der Waals surface area (Å²) in [7, 11) is -1.95. The van der Waals surface area contributed by atoms with Crippen molar-refractivity contribution in [2.45, 2.75) is 11.4 Å². The number of aromatic nitrogens is 1. The fourth-order valence-corrected chi connectivity index (χ4v) is 4.26. The fraction of sp³-hybridized carbons (Fsp3) is 0.0952. The molecule has 2 aromatic carbocycles. The Morgan fingerprint density at radius 2 is 1.79 bits per heavy atom. The minimum atomic E-state index is -3.68. The Balaban J connectivity index is 1.48. The summed E-state index contributed by atoms with van der Waals surface area (Å²) in [6.45, 7) is 0.456. The van der Waals surface area contributed by atoms with Crippen LogP contribution in [-0.2, 0) is 16.6 Å². The van der Waals surface area contributed by atoms with E-state index in [0.29, 0.717) is 23.4 Å². The summed E-state index contributed by atoms with van der Waals surface area (Å²) in [5.41, 5.74) is 2.65. The lowest BCUT2D eigenvalue weighted by molar-refractivity contribution is 0.0785. The van der Waals surface area contributed by atoms with Gasteiger partial charge in [0, 0.05) is 42.8 Å². The largest absolute Gasteiger partial charge is 0.339 e. The second-order valence-electron chi connectivity index (χ2n) is 6.64. The number of fused-ring (bicyclic) bond motifs is 1. The van der Waals surface area contributed by atoms with Crippen LogP contribution in [-0.4, -0.2) is 37.1 Å². The second kappa shape index (κ2) is 7.48. The van der Waals surface area contributed by atoms with E-state index in [4.69, 9.17) is 0 Å². The molecule has 3 aromatic rings. The molecular weight excluding hydrogens is 388 g/mol. The molecule has 146 valence electrons. The van der Waals surface area contributed by atoms with Gasteiger partial charge in [0.15, 0.2) is 5.84 Å². The highest BCUT2D eigenvalue weighted by Gasteiger charge is 2.28. The zero-order valence-electron chi connectivity index (χ0n) is 15.6. The molecule has 1 aliphatic rings. The van der Waals surface area contributed by atoms with Crippen molar-refractivity contribution in [2.24, 2.45) is 4.40 Å². The van der Waals surface area contributed by atoms with E-state index in [1.807, 2.05) is 12.1 Å². The van der Waals surface area contributed by atoms with E-state index in [1.165, 1.54) is 6.07 Å². The summed E-state index contributed by atoms with van der Waals surface area (Å²) in [6.07, 6.45) is 3.42. The van der Waals surface area contributed by atoms with Crippen LogP contribution < -0.4 is 5.32 Å². The zero-order chi connectivity index (χ0) is 20.4. The highest BCUT2D eigenvalue weighted by Crippen LogP contribution is 2.26. The van der Waals surface area contributed by atoms with Gasteiger partial charge in [-0.05, 0) is 48.0 Å². The predicted molar refractivity (Wildman–Crippen MR) is 110 cm³/mol. The quantitative estimate of drug-likeness (QED) is 0.719.